The fraction of sp³-hybridized carbons (Fsp3) is 0.333. The van der Waals surface area contributed by atoms with Gasteiger partial charge in [0.05, 0.1) is 12.0 Å². The van der Waals surface area contributed by atoms with Crippen LogP contribution in [0.2, 0.25) is 0 Å². The lowest BCUT2D eigenvalue weighted by molar-refractivity contribution is -0.145. The molecule has 0 saturated carbocycles. The predicted molar refractivity (Wildman–Crippen MR) is 114 cm³/mol. The second-order valence-corrected chi connectivity index (χ2v) is 8.67. The van der Waals surface area contributed by atoms with Gasteiger partial charge in [0.2, 0.25) is 5.89 Å². The molecule has 0 bridgehead atoms. The van der Waals surface area contributed by atoms with Gasteiger partial charge in [0.1, 0.15) is 29.9 Å². The van der Waals surface area contributed by atoms with Crippen LogP contribution in [0.15, 0.2) is 46.2 Å². The summed E-state index contributed by atoms with van der Waals surface area (Å²) < 4.78 is 16.7. The smallest absolute Gasteiger partial charge is 0.323 e. The highest BCUT2D eigenvalue weighted by Gasteiger charge is 2.31. The van der Waals surface area contributed by atoms with E-state index in [4.69, 9.17) is 13.9 Å². The molecule has 0 N–H and O–H groups in total. The third kappa shape index (κ3) is 4.66. The minimum Gasteiger partial charge on any atom is -0.487 e. The summed E-state index contributed by atoms with van der Waals surface area (Å²) in [7, 11) is 1.44. The topological polar surface area (TPSA) is 64.8 Å². The summed E-state index contributed by atoms with van der Waals surface area (Å²) in [6.45, 7) is 2.92. The van der Waals surface area contributed by atoms with Crippen molar-refractivity contribution in [3.05, 3.63) is 58.8 Å². The van der Waals surface area contributed by atoms with E-state index in [1.165, 1.54) is 7.11 Å². The predicted octanol–water partition coefficient (Wildman–Crippen LogP) is 4.34. The summed E-state index contributed by atoms with van der Waals surface area (Å²) >= 11 is 3.34. The molecular weight excluding hydrogens is 408 g/mol. The number of nitrogens with zero attached hydrogens (tertiary/aromatic N) is 2. The third-order valence-corrected chi connectivity index (χ3v) is 6.65. The SMILES string of the molecule is COC(=O)C1CSCN1Cc1cccc(OCc2nc(-c3cccs3)oc2C)c1. The van der Waals surface area contributed by atoms with Gasteiger partial charge in [-0.25, -0.2) is 4.98 Å². The van der Waals surface area contributed by atoms with E-state index in [0.717, 1.165) is 39.3 Å². The zero-order valence-electron chi connectivity index (χ0n) is 16.3. The van der Waals surface area contributed by atoms with Crippen molar-refractivity contribution in [1.29, 1.82) is 0 Å². The number of thioether (sulfide) groups is 1. The Kier molecular flexibility index (Phi) is 6.22. The molecule has 152 valence electrons. The number of aromatic nitrogens is 1. The molecule has 6 nitrogen and oxygen atoms in total. The first-order valence-corrected chi connectivity index (χ1v) is 11.3. The molecule has 1 aromatic carbocycles. The maximum atomic E-state index is 11.9. The van der Waals surface area contributed by atoms with Crippen LogP contribution < -0.4 is 4.74 Å². The van der Waals surface area contributed by atoms with Gasteiger partial charge >= 0.3 is 5.97 Å². The summed E-state index contributed by atoms with van der Waals surface area (Å²) in [5, 5.41) is 2.00. The third-order valence-electron chi connectivity index (χ3n) is 4.73. The van der Waals surface area contributed by atoms with Crippen LogP contribution in [-0.2, 0) is 22.7 Å². The average molecular weight is 431 g/mol. The number of hydrogen-bond acceptors (Lipinski definition) is 8. The molecule has 0 aliphatic carbocycles. The Balaban J connectivity index is 1.40. The zero-order chi connectivity index (χ0) is 20.2. The molecule has 3 aromatic rings. The van der Waals surface area contributed by atoms with Gasteiger partial charge in [-0.05, 0) is 36.1 Å². The molecular formula is C21H22N2O4S2. The van der Waals surface area contributed by atoms with Crippen molar-refractivity contribution in [2.45, 2.75) is 26.1 Å². The fourth-order valence-corrected chi connectivity index (χ4v) is 5.00. The molecule has 3 heterocycles. The van der Waals surface area contributed by atoms with E-state index in [1.807, 2.05) is 48.7 Å². The molecule has 4 rings (SSSR count). The standard InChI is InChI=1S/C21H22N2O4S2/c1-14-17(22-20(27-14)19-7-4-8-29-19)11-26-16-6-3-5-15(9-16)10-23-13-28-12-18(23)21(24)25-2/h3-9,18H,10-13H2,1-2H3. The summed E-state index contributed by atoms with van der Waals surface area (Å²) in [5.41, 5.74) is 1.88. The van der Waals surface area contributed by atoms with Gasteiger partial charge in [0.25, 0.3) is 0 Å². The molecule has 1 fully saturated rings. The van der Waals surface area contributed by atoms with Crippen LogP contribution in [0.5, 0.6) is 5.75 Å². The van der Waals surface area contributed by atoms with Crippen LogP contribution >= 0.6 is 23.1 Å². The molecule has 2 aromatic heterocycles. The largest absolute Gasteiger partial charge is 0.487 e. The maximum Gasteiger partial charge on any atom is 0.323 e. The summed E-state index contributed by atoms with van der Waals surface area (Å²) in [4.78, 5) is 19.6. The van der Waals surface area contributed by atoms with Gasteiger partial charge in [-0.2, -0.15) is 0 Å². The number of aryl methyl sites for hydroxylation is 1. The Labute approximate surface area is 177 Å². The number of benzene rings is 1. The van der Waals surface area contributed by atoms with Crippen molar-refractivity contribution in [2.75, 3.05) is 18.7 Å². The number of oxazole rings is 1. The Bertz CT molecular complexity index is 971. The second kappa shape index (κ2) is 9.02. The first kappa shape index (κ1) is 20.0. The van der Waals surface area contributed by atoms with E-state index in [1.54, 1.807) is 23.1 Å². The van der Waals surface area contributed by atoms with Gasteiger partial charge in [-0.3, -0.25) is 9.69 Å². The van der Waals surface area contributed by atoms with Gasteiger partial charge in [-0.1, -0.05) is 18.2 Å². The van der Waals surface area contributed by atoms with E-state index in [-0.39, 0.29) is 12.0 Å². The Morgan fingerprint density at radius 3 is 3.03 bits per heavy atom. The van der Waals surface area contributed by atoms with Gasteiger partial charge < -0.3 is 13.9 Å². The molecule has 0 radical (unpaired) electrons. The van der Waals surface area contributed by atoms with E-state index >= 15 is 0 Å². The van der Waals surface area contributed by atoms with Gasteiger partial charge in [0, 0.05) is 18.2 Å². The monoisotopic (exact) mass is 430 g/mol. The minimum atomic E-state index is -0.192. The molecule has 0 amide bonds. The zero-order valence-corrected chi connectivity index (χ0v) is 17.9. The number of esters is 1. The molecule has 29 heavy (non-hydrogen) atoms. The number of methoxy groups -OCH3 is 1. The lowest BCUT2D eigenvalue weighted by atomic mass is 10.2. The van der Waals surface area contributed by atoms with E-state index in [9.17, 15) is 4.79 Å². The highest BCUT2D eigenvalue weighted by atomic mass is 32.2. The first-order valence-electron chi connectivity index (χ1n) is 9.25. The number of thiophene rings is 1. The van der Waals surface area contributed by atoms with Crippen LogP contribution in [0, 0.1) is 6.92 Å². The first-order chi connectivity index (χ1) is 14.1. The van der Waals surface area contributed by atoms with Crippen LogP contribution in [-0.4, -0.2) is 40.6 Å². The quantitative estimate of drug-likeness (QED) is 0.517. The van der Waals surface area contributed by atoms with Crippen molar-refractivity contribution >= 4 is 29.1 Å². The van der Waals surface area contributed by atoms with Gasteiger partial charge in [-0.15, -0.1) is 23.1 Å². The maximum absolute atomic E-state index is 11.9. The Morgan fingerprint density at radius 2 is 2.24 bits per heavy atom. The lowest BCUT2D eigenvalue weighted by Crippen LogP contribution is -2.38. The summed E-state index contributed by atoms with van der Waals surface area (Å²) in [6, 6.07) is 11.7. The van der Waals surface area contributed by atoms with E-state index in [0.29, 0.717) is 19.0 Å². The van der Waals surface area contributed by atoms with Crippen LogP contribution in [0.4, 0.5) is 0 Å². The Hall–Kier alpha value is -2.29. The molecule has 1 aliphatic heterocycles. The fourth-order valence-electron chi connectivity index (χ4n) is 3.17. The van der Waals surface area contributed by atoms with Crippen LogP contribution in [0.3, 0.4) is 0 Å². The van der Waals surface area contributed by atoms with Crippen molar-refractivity contribution in [2.24, 2.45) is 0 Å². The number of hydrogen-bond donors (Lipinski definition) is 0. The molecule has 0 spiro atoms. The Morgan fingerprint density at radius 1 is 1.34 bits per heavy atom. The van der Waals surface area contributed by atoms with E-state index < -0.39 is 0 Å². The van der Waals surface area contributed by atoms with Crippen molar-refractivity contribution in [3.8, 4) is 16.5 Å². The van der Waals surface area contributed by atoms with Crippen molar-refractivity contribution < 1.29 is 18.7 Å². The minimum absolute atomic E-state index is 0.176. The normalized spacial score (nSPS) is 16.8. The van der Waals surface area contributed by atoms with Crippen molar-refractivity contribution in [1.82, 2.24) is 9.88 Å². The van der Waals surface area contributed by atoms with Crippen molar-refractivity contribution in [3.63, 3.8) is 0 Å². The second-order valence-electron chi connectivity index (χ2n) is 6.72. The number of carbonyl (C=O) groups excluding carboxylic acids is 1. The van der Waals surface area contributed by atoms with Crippen LogP contribution in [0.25, 0.3) is 10.8 Å². The molecule has 1 saturated heterocycles. The highest BCUT2D eigenvalue weighted by molar-refractivity contribution is 7.99. The highest BCUT2D eigenvalue weighted by Crippen LogP contribution is 2.27. The molecule has 1 unspecified atom stereocenters. The van der Waals surface area contributed by atoms with Gasteiger partial charge in [0.15, 0.2) is 0 Å². The molecule has 1 atom stereocenters. The summed E-state index contributed by atoms with van der Waals surface area (Å²) in [6.07, 6.45) is 0. The number of carbonyl (C=O) groups is 1. The lowest BCUT2D eigenvalue weighted by Gasteiger charge is -2.21. The van der Waals surface area contributed by atoms with Crippen LogP contribution in [0.1, 0.15) is 17.0 Å². The molecule has 8 heteroatoms. The molecule has 1 aliphatic rings. The number of rotatable bonds is 7. The average Bonchev–Trinajstić information content (AvgIpc) is 3.47. The number of ether oxygens (including phenoxy) is 2. The summed E-state index contributed by atoms with van der Waals surface area (Å²) in [5.74, 6) is 3.56. The van der Waals surface area contributed by atoms with E-state index in [2.05, 4.69) is 9.88 Å².